The Labute approximate surface area is 98.3 Å². The van der Waals surface area contributed by atoms with E-state index in [4.69, 9.17) is 9.84 Å². The van der Waals surface area contributed by atoms with E-state index in [1.54, 1.807) is 30.3 Å². The Morgan fingerprint density at radius 1 is 1.12 bits per heavy atom. The first-order valence-corrected chi connectivity index (χ1v) is 5.46. The van der Waals surface area contributed by atoms with Crippen molar-refractivity contribution in [2.24, 2.45) is 0 Å². The van der Waals surface area contributed by atoms with Crippen molar-refractivity contribution in [1.29, 1.82) is 0 Å². The van der Waals surface area contributed by atoms with Gasteiger partial charge in [0, 0.05) is 0 Å². The minimum atomic E-state index is -1.78. The van der Waals surface area contributed by atoms with Crippen molar-refractivity contribution in [3.8, 4) is 0 Å². The van der Waals surface area contributed by atoms with Crippen molar-refractivity contribution < 1.29 is 24.4 Å². The Bertz CT molecular complexity index is 357. The second kappa shape index (κ2) is 5.10. The molecule has 0 amide bonds. The van der Waals surface area contributed by atoms with Crippen LogP contribution in [-0.4, -0.2) is 46.4 Å². The largest absolute Gasteiger partial charge is 0.394 e. The molecule has 0 spiro atoms. The molecule has 1 aromatic carbocycles. The van der Waals surface area contributed by atoms with Gasteiger partial charge in [0.1, 0.15) is 24.4 Å². The molecule has 0 saturated carbocycles. The maximum Gasteiger partial charge on any atom is 0.157 e. The lowest BCUT2D eigenvalue weighted by atomic mass is 9.92. The van der Waals surface area contributed by atoms with Crippen molar-refractivity contribution in [2.75, 3.05) is 6.61 Å². The molecule has 0 aromatic heterocycles. The molecule has 5 heteroatoms. The summed E-state index contributed by atoms with van der Waals surface area (Å²) in [6.07, 6.45) is -6.61. The first kappa shape index (κ1) is 12.4. The minimum absolute atomic E-state index is 0.533. The predicted octanol–water partition coefficient (Wildman–Crippen LogP) is 0.179. The van der Waals surface area contributed by atoms with Crippen LogP contribution in [0.5, 0.6) is 0 Å². The van der Waals surface area contributed by atoms with Crippen LogP contribution in [0.4, 0.5) is 4.39 Å². The molecule has 1 saturated heterocycles. The quantitative estimate of drug-likeness (QED) is 0.692. The first-order valence-electron chi connectivity index (χ1n) is 5.46. The molecule has 3 N–H and O–H groups in total. The Hall–Kier alpha value is -1.01. The average molecular weight is 242 g/mol. The highest BCUT2D eigenvalue weighted by Crippen LogP contribution is 2.33. The third kappa shape index (κ3) is 2.32. The summed E-state index contributed by atoms with van der Waals surface area (Å²) in [6.45, 7) is -0.533. The molecular weight excluding hydrogens is 227 g/mol. The number of aliphatic hydroxyl groups is 3. The standard InChI is InChI=1S/C12H15FO4/c13-9-8(6-14)17-12(11(16)10(9)15)7-4-2-1-3-5-7/h1-5,8-12,14-16H,6H2/t8-,9+,10+,11-,12+/m1/s1. The van der Waals surface area contributed by atoms with E-state index in [1.807, 2.05) is 0 Å². The third-order valence-corrected chi connectivity index (χ3v) is 2.97. The number of hydrogen-bond donors (Lipinski definition) is 3. The van der Waals surface area contributed by atoms with Gasteiger partial charge in [-0.2, -0.15) is 0 Å². The summed E-state index contributed by atoms with van der Waals surface area (Å²) >= 11 is 0. The molecule has 94 valence electrons. The molecule has 0 radical (unpaired) electrons. The number of benzene rings is 1. The van der Waals surface area contributed by atoms with E-state index in [1.165, 1.54) is 0 Å². The second-order valence-electron chi connectivity index (χ2n) is 4.11. The van der Waals surface area contributed by atoms with Gasteiger partial charge in [0.05, 0.1) is 6.61 Å². The van der Waals surface area contributed by atoms with Crippen molar-refractivity contribution in [3.05, 3.63) is 35.9 Å². The number of rotatable bonds is 2. The van der Waals surface area contributed by atoms with E-state index < -0.39 is 37.2 Å². The molecule has 1 aromatic rings. The van der Waals surface area contributed by atoms with E-state index in [-0.39, 0.29) is 0 Å². The Morgan fingerprint density at radius 3 is 2.35 bits per heavy atom. The molecule has 0 aliphatic carbocycles. The zero-order chi connectivity index (χ0) is 12.4. The molecule has 1 heterocycles. The number of hydrogen-bond acceptors (Lipinski definition) is 4. The molecule has 0 bridgehead atoms. The van der Waals surface area contributed by atoms with Crippen molar-refractivity contribution in [1.82, 2.24) is 0 Å². The predicted molar refractivity (Wildman–Crippen MR) is 58.1 cm³/mol. The minimum Gasteiger partial charge on any atom is -0.394 e. The molecule has 1 fully saturated rings. The molecule has 4 nitrogen and oxygen atoms in total. The van der Waals surface area contributed by atoms with Gasteiger partial charge in [0.2, 0.25) is 0 Å². The molecule has 5 atom stereocenters. The Kier molecular flexibility index (Phi) is 3.73. The molecule has 0 unspecified atom stereocenters. The maximum absolute atomic E-state index is 13.5. The molecular formula is C12H15FO4. The molecule has 1 aliphatic heterocycles. The first-order chi connectivity index (χ1) is 8.15. The van der Waals surface area contributed by atoms with Crippen LogP contribution >= 0.6 is 0 Å². The van der Waals surface area contributed by atoms with Gasteiger partial charge in [-0.1, -0.05) is 30.3 Å². The molecule has 2 rings (SSSR count). The third-order valence-electron chi connectivity index (χ3n) is 2.97. The maximum atomic E-state index is 13.5. The van der Waals surface area contributed by atoms with E-state index in [0.29, 0.717) is 5.56 Å². The number of aliphatic hydroxyl groups excluding tert-OH is 3. The monoisotopic (exact) mass is 242 g/mol. The number of halogens is 1. The van der Waals surface area contributed by atoms with Crippen molar-refractivity contribution in [3.63, 3.8) is 0 Å². The van der Waals surface area contributed by atoms with Gasteiger partial charge in [0.15, 0.2) is 6.17 Å². The molecule has 17 heavy (non-hydrogen) atoms. The molecule has 1 aliphatic rings. The average Bonchev–Trinajstić information content (AvgIpc) is 2.37. The second-order valence-corrected chi connectivity index (χ2v) is 4.11. The summed E-state index contributed by atoms with van der Waals surface area (Å²) in [4.78, 5) is 0. The smallest absolute Gasteiger partial charge is 0.157 e. The van der Waals surface area contributed by atoms with Gasteiger partial charge in [-0.05, 0) is 5.56 Å². The van der Waals surface area contributed by atoms with E-state index >= 15 is 0 Å². The van der Waals surface area contributed by atoms with Gasteiger partial charge < -0.3 is 20.1 Å². The van der Waals surface area contributed by atoms with Gasteiger partial charge in [-0.3, -0.25) is 0 Å². The van der Waals surface area contributed by atoms with E-state index in [0.717, 1.165) is 0 Å². The van der Waals surface area contributed by atoms with Crippen molar-refractivity contribution in [2.45, 2.75) is 30.6 Å². The Balaban J connectivity index is 2.23. The summed E-state index contributed by atoms with van der Waals surface area (Å²) in [5, 5.41) is 28.3. The van der Waals surface area contributed by atoms with Crippen LogP contribution in [0.15, 0.2) is 30.3 Å². The fourth-order valence-electron chi connectivity index (χ4n) is 1.99. The van der Waals surface area contributed by atoms with Crippen LogP contribution in [0.2, 0.25) is 0 Å². The Morgan fingerprint density at radius 2 is 1.76 bits per heavy atom. The summed E-state index contributed by atoms with van der Waals surface area (Å²) in [7, 11) is 0. The lowest BCUT2D eigenvalue weighted by Crippen LogP contribution is -2.53. The van der Waals surface area contributed by atoms with Crippen molar-refractivity contribution >= 4 is 0 Å². The zero-order valence-corrected chi connectivity index (χ0v) is 9.11. The lowest BCUT2D eigenvalue weighted by Gasteiger charge is -2.39. The summed E-state index contributed by atoms with van der Waals surface area (Å²) < 4.78 is 18.8. The zero-order valence-electron chi connectivity index (χ0n) is 9.11. The van der Waals surface area contributed by atoms with Crippen LogP contribution in [0.25, 0.3) is 0 Å². The summed E-state index contributed by atoms with van der Waals surface area (Å²) in [5.74, 6) is 0. The summed E-state index contributed by atoms with van der Waals surface area (Å²) in [5.41, 5.74) is 0.643. The summed E-state index contributed by atoms with van der Waals surface area (Å²) in [6, 6.07) is 8.75. The van der Waals surface area contributed by atoms with Crippen LogP contribution in [-0.2, 0) is 4.74 Å². The van der Waals surface area contributed by atoms with Gasteiger partial charge in [0.25, 0.3) is 0 Å². The highest BCUT2D eigenvalue weighted by molar-refractivity contribution is 5.20. The number of alkyl halides is 1. The van der Waals surface area contributed by atoms with Crippen LogP contribution < -0.4 is 0 Å². The van der Waals surface area contributed by atoms with E-state index in [2.05, 4.69) is 0 Å². The van der Waals surface area contributed by atoms with Crippen LogP contribution in [0.1, 0.15) is 11.7 Å². The fraction of sp³-hybridized carbons (Fsp3) is 0.500. The highest BCUT2D eigenvalue weighted by Gasteiger charge is 2.44. The lowest BCUT2D eigenvalue weighted by molar-refractivity contribution is -0.214. The van der Waals surface area contributed by atoms with E-state index in [9.17, 15) is 14.6 Å². The van der Waals surface area contributed by atoms with Crippen LogP contribution in [0.3, 0.4) is 0 Å². The number of ether oxygens (including phenoxy) is 1. The topological polar surface area (TPSA) is 69.9 Å². The van der Waals surface area contributed by atoms with Gasteiger partial charge in [-0.25, -0.2) is 4.39 Å². The normalized spacial score (nSPS) is 38.0. The van der Waals surface area contributed by atoms with Crippen LogP contribution in [0, 0.1) is 0 Å². The van der Waals surface area contributed by atoms with Gasteiger partial charge in [-0.15, -0.1) is 0 Å². The fourth-order valence-corrected chi connectivity index (χ4v) is 1.99. The highest BCUT2D eigenvalue weighted by atomic mass is 19.1. The van der Waals surface area contributed by atoms with Gasteiger partial charge >= 0.3 is 0 Å². The SMILES string of the molecule is OC[C@H]1O[C@@H](c2ccccc2)[C@H](O)[C@@H](O)[C@H]1F.